The molecule has 0 saturated carbocycles. The molecule has 0 radical (unpaired) electrons. The van der Waals surface area contributed by atoms with Gasteiger partial charge in [-0.1, -0.05) is 13.0 Å². The average molecular weight is 222 g/mol. The molecule has 0 atom stereocenters. The van der Waals surface area contributed by atoms with E-state index in [4.69, 9.17) is 4.74 Å². The van der Waals surface area contributed by atoms with Crippen LogP contribution in [0.2, 0.25) is 0 Å². The number of thiophene rings is 1. The molecule has 0 amide bonds. The van der Waals surface area contributed by atoms with E-state index in [0.717, 1.165) is 18.7 Å². The van der Waals surface area contributed by atoms with Crippen molar-refractivity contribution in [1.82, 2.24) is 9.78 Å². The molecule has 0 bridgehead atoms. The van der Waals surface area contributed by atoms with Crippen molar-refractivity contribution in [3.05, 3.63) is 34.8 Å². The lowest BCUT2D eigenvalue weighted by Gasteiger charge is -1.99. The van der Waals surface area contributed by atoms with E-state index >= 15 is 0 Å². The van der Waals surface area contributed by atoms with Gasteiger partial charge < -0.3 is 4.74 Å². The fraction of sp³-hybridized carbons (Fsp3) is 0.364. The maximum atomic E-state index is 5.60. The standard InChI is InChI=1S/C11H14N2OS/c1-2-5-13-8-10(7-12-13)14-9-11-4-3-6-15-11/h3-4,6-8H,2,5,9H2,1H3. The third-order valence-corrected chi connectivity index (χ3v) is 2.87. The van der Waals surface area contributed by atoms with E-state index in [1.165, 1.54) is 4.88 Å². The van der Waals surface area contributed by atoms with E-state index in [1.807, 2.05) is 16.9 Å². The third kappa shape index (κ3) is 2.83. The quantitative estimate of drug-likeness (QED) is 0.777. The summed E-state index contributed by atoms with van der Waals surface area (Å²) in [6.07, 6.45) is 4.80. The lowest BCUT2D eigenvalue weighted by atomic mass is 10.5. The number of hydrogen-bond donors (Lipinski definition) is 0. The van der Waals surface area contributed by atoms with Crippen LogP contribution in [0.3, 0.4) is 0 Å². The van der Waals surface area contributed by atoms with E-state index < -0.39 is 0 Å². The van der Waals surface area contributed by atoms with Crippen LogP contribution in [-0.4, -0.2) is 9.78 Å². The van der Waals surface area contributed by atoms with Gasteiger partial charge in [-0.15, -0.1) is 11.3 Å². The predicted octanol–water partition coefficient (Wildman–Crippen LogP) is 2.93. The summed E-state index contributed by atoms with van der Waals surface area (Å²) in [5.41, 5.74) is 0. The minimum absolute atomic E-state index is 0.634. The molecule has 0 spiro atoms. The van der Waals surface area contributed by atoms with Crippen LogP contribution in [0.4, 0.5) is 0 Å². The Balaban J connectivity index is 1.88. The molecule has 0 unspecified atom stereocenters. The van der Waals surface area contributed by atoms with Crippen molar-refractivity contribution in [2.75, 3.05) is 0 Å². The Bertz CT molecular complexity index is 394. The molecule has 0 N–H and O–H groups in total. The molecule has 15 heavy (non-hydrogen) atoms. The Morgan fingerprint density at radius 2 is 2.47 bits per heavy atom. The van der Waals surface area contributed by atoms with Crippen LogP contribution in [-0.2, 0) is 13.2 Å². The van der Waals surface area contributed by atoms with Crippen molar-refractivity contribution in [2.24, 2.45) is 0 Å². The molecular formula is C11H14N2OS. The van der Waals surface area contributed by atoms with Gasteiger partial charge in [-0.2, -0.15) is 5.10 Å². The smallest absolute Gasteiger partial charge is 0.157 e. The maximum absolute atomic E-state index is 5.60. The van der Waals surface area contributed by atoms with Crippen molar-refractivity contribution in [3.63, 3.8) is 0 Å². The van der Waals surface area contributed by atoms with E-state index in [-0.39, 0.29) is 0 Å². The molecule has 2 aromatic heterocycles. The van der Waals surface area contributed by atoms with E-state index in [0.29, 0.717) is 6.61 Å². The van der Waals surface area contributed by atoms with Gasteiger partial charge in [0.1, 0.15) is 6.61 Å². The van der Waals surface area contributed by atoms with Crippen LogP contribution >= 0.6 is 11.3 Å². The van der Waals surface area contributed by atoms with E-state index in [2.05, 4.69) is 23.5 Å². The Labute approximate surface area is 93.3 Å². The number of rotatable bonds is 5. The fourth-order valence-electron chi connectivity index (χ4n) is 1.32. The van der Waals surface area contributed by atoms with Crippen LogP contribution in [0.5, 0.6) is 5.75 Å². The normalized spacial score (nSPS) is 10.5. The molecular weight excluding hydrogens is 208 g/mol. The molecule has 4 heteroatoms. The van der Waals surface area contributed by atoms with Gasteiger partial charge in [0, 0.05) is 11.4 Å². The third-order valence-electron chi connectivity index (χ3n) is 2.02. The van der Waals surface area contributed by atoms with Crippen molar-refractivity contribution in [3.8, 4) is 5.75 Å². The first-order valence-corrected chi connectivity index (χ1v) is 5.94. The first-order chi connectivity index (χ1) is 7.38. The molecule has 0 fully saturated rings. The van der Waals surface area contributed by atoms with Gasteiger partial charge in [-0.25, -0.2) is 0 Å². The summed E-state index contributed by atoms with van der Waals surface area (Å²) < 4.78 is 7.51. The summed E-state index contributed by atoms with van der Waals surface area (Å²) in [7, 11) is 0. The second-order valence-electron chi connectivity index (χ2n) is 3.31. The fourth-order valence-corrected chi connectivity index (χ4v) is 1.94. The lowest BCUT2D eigenvalue weighted by molar-refractivity contribution is 0.309. The van der Waals surface area contributed by atoms with Gasteiger partial charge in [0.15, 0.2) is 5.75 Å². The van der Waals surface area contributed by atoms with Crippen molar-refractivity contribution in [1.29, 1.82) is 0 Å². The Morgan fingerprint density at radius 3 is 3.20 bits per heavy atom. The molecule has 0 aliphatic rings. The monoisotopic (exact) mass is 222 g/mol. The zero-order chi connectivity index (χ0) is 10.5. The Kier molecular flexibility index (Phi) is 3.40. The average Bonchev–Trinajstić information content (AvgIpc) is 2.85. The van der Waals surface area contributed by atoms with Crippen LogP contribution in [0.15, 0.2) is 29.9 Å². The van der Waals surface area contributed by atoms with Gasteiger partial charge in [-0.05, 0) is 17.9 Å². The number of hydrogen-bond acceptors (Lipinski definition) is 3. The second kappa shape index (κ2) is 4.98. The first kappa shape index (κ1) is 10.2. The first-order valence-electron chi connectivity index (χ1n) is 5.06. The maximum Gasteiger partial charge on any atom is 0.157 e. The second-order valence-corrected chi connectivity index (χ2v) is 4.34. The SMILES string of the molecule is CCCn1cc(OCc2cccs2)cn1. The highest BCUT2D eigenvalue weighted by Gasteiger charge is 1.99. The number of ether oxygens (including phenoxy) is 1. The predicted molar refractivity (Wildman–Crippen MR) is 61.2 cm³/mol. The molecule has 80 valence electrons. The van der Waals surface area contributed by atoms with Gasteiger partial charge in [-0.3, -0.25) is 4.68 Å². The highest BCUT2D eigenvalue weighted by molar-refractivity contribution is 7.09. The summed E-state index contributed by atoms with van der Waals surface area (Å²) in [4.78, 5) is 1.23. The highest BCUT2D eigenvalue weighted by Crippen LogP contribution is 2.14. The summed E-state index contributed by atoms with van der Waals surface area (Å²) in [6.45, 7) is 3.71. The zero-order valence-corrected chi connectivity index (χ0v) is 9.54. The molecule has 2 rings (SSSR count). The van der Waals surface area contributed by atoms with Crippen LogP contribution in [0.25, 0.3) is 0 Å². The largest absolute Gasteiger partial charge is 0.485 e. The van der Waals surface area contributed by atoms with Crippen LogP contribution < -0.4 is 4.74 Å². The zero-order valence-electron chi connectivity index (χ0n) is 8.72. The summed E-state index contributed by atoms with van der Waals surface area (Å²) in [5, 5.41) is 6.26. The molecule has 0 aromatic carbocycles. The summed E-state index contributed by atoms with van der Waals surface area (Å²) in [5.74, 6) is 0.844. The van der Waals surface area contributed by atoms with Crippen molar-refractivity contribution < 1.29 is 4.74 Å². The van der Waals surface area contributed by atoms with Gasteiger partial charge in [0.25, 0.3) is 0 Å². The molecule has 0 aliphatic carbocycles. The van der Waals surface area contributed by atoms with Crippen molar-refractivity contribution >= 4 is 11.3 Å². The number of nitrogens with zero attached hydrogens (tertiary/aromatic N) is 2. The Hall–Kier alpha value is -1.29. The highest BCUT2D eigenvalue weighted by atomic mass is 32.1. The summed E-state index contributed by atoms with van der Waals surface area (Å²) >= 11 is 1.71. The minimum atomic E-state index is 0.634. The molecule has 2 aromatic rings. The van der Waals surface area contributed by atoms with Gasteiger partial charge in [0.2, 0.25) is 0 Å². The van der Waals surface area contributed by atoms with Crippen LogP contribution in [0, 0.1) is 0 Å². The van der Waals surface area contributed by atoms with Crippen LogP contribution in [0.1, 0.15) is 18.2 Å². The molecule has 0 saturated heterocycles. The van der Waals surface area contributed by atoms with Gasteiger partial charge >= 0.3 is 0 Å². The molecule has 0 aliphatic heterocycles. The van der Waals surface area contributed by atoms with Crippen molar-refractivity contribution in [2.45, 2.75) is 26.5 Å². The number of aryl methyl sites for hydroxylation is 1. The number of aromatic nitrogens is 2. The minimum Gasteiger partial charge on any atom is -0.485 e. The van der Waals surface area contributed by atoms with Gasteiger partial charge in [0.05, 0.1) is 12.4 Å². The van der Waals surface area contributed by atoms with E-state index in [9.17, 15) is 0 Å². The van der Waals surface area contributed by atoms with E-state index in [1.54, 1.807) is 17.5 Å². The summed E-state index contributed by atoms with van der Waals surface area (Å²) in [6, 6.07) is 4.10. The molecule has 2 heterocycles. The topological polar surface area (TPSA) is 27.1 Å². The Morgan fingerprint density at radius 1 is 1.53 bits per heavy atom. The lowest BCUT2D eigenvalue weighted by Crippen LogP contribution is -1.96. The molecule has 3 nitrogen and oxygen atoms in total.